The lowest BCUT2D eigenvalue weighted by Gasteiger charge is -2.23. The van der Waals surface area contributed by atoms with Crippen LogP contribution in [0.4, 0.5) is 0 Å². The molecule has 2 rings (SSSR count). The second kappa shape index (κ2) is 4.68. The molecule has 1 aromatic heterocycles. The minimum atomic E-state index is -2.98. The molecule has 1 saturated heterocycles. The van der Waals surface area contributed by atoms with Gasteiger partial charge in [-0.15, -0.1) is 0 Å². The van der Waals surface area contributed by atoms with Crippen LogP contribution in [-0.4, -0.2) is 48.8 Å². The van der Waals surface area contributed by atoms with Crippen LogP contribution in [0.2, 0.25) is 0 Å². The number of sulfone groups is 1. The highest BCUT2D eigenvalue weighted by Crippen LogP contribution is 2.19. The van der Waals surface area contributed by atoms with Crippen molar-refractivity contribution in [3.05, 3.63) is 29.6 Å². The Morgan fingerprint density at radius 2 is 2.22 bits per heavy atom. The Morgan fingerprint density at radius 3 is 2.78 bits per heavy atom. The van der Waals surface area contributed by atoms with E-state index >= 15 is 0 Å². The maximum Gasteiger partial charge on any atom is 0.255 e. The molecule has 2 heterocycles. The van der Waals surface area contributed by atoms with Crippen molar-refractivity contribution in [2.75, 3.05) is 18.6 Å². The number of aryl methyl sites for hydroxylation is 1. The average molecular weight is 268 g/mol. The molecular weight excluding hydrogens is 252 g/mol. The number of nitrogens with zero attached hydrogens (tertiary/aromatic N) is 2. The molecule has 0 N–H and O–H groups in total. The summed E-state index contributed by atoms with van der Waals surface area (Å²) in [4.78, 5) is 17.7. The van der Waals surface area contributed by atoms with Gasteiger partial charge in [-0.05, 0) is 25.0 Å². The van der Waals surface area contributed by atoms with E-state index in [-0.39, 0.29) is 23.5 Å². The molecule has 0 aromatic carbocycles. The predicted molar refractivity (Wildman–Crippen MR) is 68.1 cm³/mol. The fourth-order valence-corrected chi connectivity index (χ4v) is 3.90. The van der Waals surface area contributed by atoms with Crippen molar-refractivity contribution < 1.29 is 13.2 Å². The van der Waals surface area contributed by atoms with Crippen molar-refractivity contribution in [2.45, 2.75) is 19.4 Å². The summed E-state index contributed by atoms with van der Waals surface area (Å²) in [5.41, 5.74) is 1.38. The Morgan fingerprint density at radius 1 is 1.50 bits per heavy atom. The molecule has 1 aromatic rings. The smallest absolute Gasteiger partial charge is 0.255 e. The van der Waals surface area contributed by atoms with Crippen LogP contribution < -0.4 is 0 Å². The van der Waals surface area contributed by atoms with Crippen molar-refractivity contribution in [3.8, 4) is 0 Å². The second-order valence-corrected chi connectivity index (χ2v) is 6.89. The molecule has 0 bridgehead atoms. The third kappa shape index (κ3) is 2.53. The summed E-state index contributed by atoms with van der Waals surface area (Å²) in [6.07, 6.45) is 3.67. The fraction of sp³-hybridized carbons (Fsp3) is 0.500. The van der Waals surface area contributed by atoms with Crippen LogP contribution in [0.1, 0.15) is 22.3 Å². The number of aromatic nitrogens is 1. The van der Waals surface area contributed by atoms with E-state index in [0.29, 0.717) is 12.0 Å². The molecule has 0 spiro atoms. The van der Waals surface area contributed by atoms with E-state index in [0.717, 1.165) is 5.56 Å². The fourth-order valence-electron chi connectivity index (χ4n) is 2.12. The third-order valence-electron chi connectivity index (χ3n) is 3.35. The summed E-state index contributed by atoms with van der Waals surface area (Å²) < 4.78 is 22.8. The van der Waals surface area contributed by atoms with Crippen LogP contribution in [0, 0.1) is 6.92 Å². The Kier molecular flexibility index (Phi) is 3.38. The van der Waals surface area contributed by atoms with Gasteiger partial charge in [-0.25, -0.2) is 8.42 Å². The number of hydrogen-bond acceptors (Lipinski definition) is 4. The van der Waals surface area contributed by atoms with E-state index in [9.17, 15) is 13.2 Å². The van der Waals surface area contributed by atoms with Crippen molar-refractivity contribution in [1.82, 2.24) is 9.88 Å². The first-order valence-electron chi connectivity index (χ1n) is 5.79. The van der Waals surface area contributed by atoms with Gasteiger partial charge >= 0.3 is 0 Å². The summed E-state index contributed by atoms with van der Waals surface area (Å²) in [7, 11) is -1.32. The van der Waals surface area contributed by atoms with E-state index in [1.165, 1.54) is 11.1 Å². The van der Waals surface area contributed by atoms with Crippen LogP contribution in [0.15, 0.2) is 18.5 Å². The van der Waals surface area contributed by atoms with Gasteiger partial charge in [-0.2, -0.15) is 0 Å². The van der Waals surface area contributed by atoms with E-state index in [1.54, 1.807) is 19.3 Å². The minimum absolute atomic E-state index is 0.0640. The van der Waals surface area contributed by atoms with Crippen LogP contribution >= 0.6 is 0 Å². The molecule has 1 amide bonds. The normalized spacial score (nSPS) is 21.8. The van der Waals surface area contributed by atoms with Crippen molar-refractivity contribution >= 4 is 15.7 Å². The monoisotopic (exact) mass is 268 g/mol. The van der Waals surface area contributed by atoms with Gasteiger partial charge in [0.25, 0.3) is 5.91 Å². The summed E-state index contributed by atoms with van der Waals surface area (Å²) in [6.45, 7) is 1.84. The summed E-state index contributed by atoms with van der Waals surface area (Å²) >= 11 is 0. The summed E-state index contributed by atoms with van der Waals surface area (Å²) in [5, 5.41) is 0. The first-order chi connectivity index (χ1) is 8.41. The van der Waals surface area contributed by atoms with Gasteiger partial charge in [0.05, 0.1) is 17.1 Å². The summed E-state index contributed by atoms with van der Waals surface area (Å²) in [6, 6.07) is 1.55. The molecule has 6 heteroatoms. The summed E-state index contributed by atoms with van der Waals surface area (Å²) in [5.74, 6) is 0.0678. The Balaban J connectivity index is 2.18. The Labute approximate surface area is 107 Å². The number of rotatable bonds is 2. The second-order valence-electron chi connectivity index (χ2n) is 4.66. The van der Waals surface area contributed by atoms with Gasteiger partial charge < -0.3 is 4.90 Å². The molecule has 5 nitrogen and oxygen atoms in total. The lowest BCUT2D eigenvalue weighted by molar-refractivity contribution is 0.0746. The molecule has 0 saturated carbocycles. The lowest BCUT2D eigenvalue weighted by atomic mass is 10.1. The maximum atomic E-state index is 12.3. The number of carbonyl (C=O) groups excluding carboxylic acids is 1. The standard InChI is InChI=1S/C12H16N2O3S/c1-9-3-5-13-7-11(9)12(15)14(2)10-4-6-18(16,17)8-10/h3,5,7,10H,4,6,8H2,1-2H3. The molecular formula is C12H16N2O3S. The minimum Gasteiger partial charge on any atom is -0.338 e. The molecule has 1 aliphatic heterocycles. The van der Waals surface area contributed by atoms with Gasteiger partial charge in [-0.1, -0.05) is 0 Å². The largest absolute Gasteiger partial charge is 0.338 e. The molecule has 1 atom stereocenters. The number of amides is 1. The van der Waals surface area contributed by atoms with E-state index < -0.39 is 9.84 Å². The maximum absolute atomic E-state index is 12.3. The molecule has 1 fully saturated rings. The van der Waals surface area contributed by atoms with Crippen molar-refractivity contribution in [3.63, 3.8) is 0 Å². The number of pyridine rings is 1. The van der Waals surface area contributed by atoms with Gasteiger partial charge in [0.15, 0.2) is 9.84 Å². The predicted octanol–water partition coefficient (Wildman–Crippen LogP) is 0.649. The quantitative estimate of drug-likeness (QED) is 0.790. The van der Waals surface area contributed by atoms with Crippen LogP contribution in [-0.2, 0) is 9.84 Å². The number of carbonyl (C=O) groups is 1. The van der Waals surface area contributed by atoms with Gasteiger partial charge in [-0.3, -0.25) is 9.78 Å². The zero-order chi connectivity index (χ0) is 13.3. The molecule has 18 heavy (non-hydrogen) atoms. The highest BCUT2D eigenvalue weighted by Gasteiger charge is 2.33. The topological polar surface area (TPSA) is 67.3 Å². The SMILES string of the molecule is Cc1ccncc1C(=O)N(C)C1CCS(=O)(=O)C1. The van der Waals surface area contributed by atoms with Crippen LogP contribution in [0.25, 0.3) is 0 Å². The van der Waals surface area contributed by atoms with Crippen molar-refractivity contribution in [1.29, 1.82) is 0 Å². The lowest BCUT2D eigenvalue weighted by Crippen LogP contribution is -2.38. The third-order valence-corrected chi connectivity index (χ3v) is 5.10. The number of hydrogen-bond donors (Lipinski definition) is 0. The molecule has 0 aliphatic carbocycles. The molecule has 1 aliphatic rings. The molecule has 1 unspecified atom stereocenters. The van der Waals surface area contributed by atoms with Crippen molar-refractivity contribution in [2.24, 2.45) is 0 Å². The van der Waals surface area contributed by atoms with Gasteiger partial charge in [0, 0.05) is 25.5 Å². The Hall–Kier alpha value is -1.43. The first-order valence-corrected chi connectivity index (χ1v) is 7.61. The zero-order valence-corrected chi connectivity index (χ0v) is 11.3. The zero-order valence-electron chi connectivity index (χ0n) is 10.5. The highest BCUT2D eigenvalue weighted by atomic mass is 32.2. The van der Waals surface area contributed by atoms with Crippen LogP contribution in [0.5, 0.6) is 0 Å². The van der Waals surface area contributed by atoms with Gasteiger partial charge in [0.1, 0.15) is 0 Å². The van der Waals surface area contributed by atoms with Crippen LogP contribution in [0.3, 0.4) is 0 Å². The Bertz CT molecular complexity index is 568. The van der Waals surface area contributed by atoms with Gasteiger partial charge in [0.2, 0.25) is 0 Å². The first kappa shape index (κ1) is 13.0. The molecule has 0 radical (unpaired) electrons. The highest BCUT2D eigenvalue weighted by molar-refractivity contribution is 7.91. The van der Waals surface area contributed by atoms with E-state index in [1.807, 2.05) is 6.92 Å². The molecule has 98 valence electrons. The average Bonchev–Trinajstić information content (AvgIpc) is 2.68. The van der Waals surface area contributed by atoms with E-state index in [2.05, 4.69) is 4.98 Å². The van der Waals surface area contributed by atoms with E-state index in [4.69, 9.17) is 0 Å².